The molecule has 1 heterocycles. The standard InChI is InChI=1S/C11H23N3O/c1-3-13-11(15)6-9-14-7-4-10(12-2)5-8-14/h10,12H,3-9H2,1-2H3,(H,13,15). The lowest BCUT2D eigenvalue weighted by molar-refractivity contribution is -0.121. The second kappa shape index (κ2) is 6.80. The van der Waals surface area contributed by atoms with Crippen LogP contribution in [0, 0.1) is 0 Å². The predicted octanol–water partition coefficient (Wildman–Crippen LogP) is 0.196. The maximum atomic E-state index is 11.3. The molecule has 15 heavy (non-hydrogen) atoms. The van der Waals surface area contributed by atoms with Crippen molar-refractivity contribution in [3.63, 3.8) is 0 Å². The van der Waals surface area contributed by atoms with E-state index in [4.69, 9.17) is 0 Å². The Morgan fingerprint density at radius 2 is 2.07 bits per heavy atom. The number of piperidine rings is 1. The van der Waals surface area contributed by atoms with Crippen LogP contribution in [0.15, 0.2) is 0 Å². The molecule has 0 saturated carbocycles. The molecule has 0 aromatic carbocycles. The Labute approximate surface area is 92.4 Å². The SMILES string of the molecule is CCNC(=O)CCN1CCC(NC)CC1. The fraction of sp³-hybridized carbons (Fsp3) is 0.909. The van der Waals surface area contributed by atoms with Crippen LogP contribution in [0.2, 0.25) is 0 Å². The first-order valence-electron chi connectivity index (χ1n) is 5.92. The zero-order chi connectivity index (χ0) is 11.1. The maximum Gasteiger partial charge on any atom is 0.221 e. The Bertz CT molecular complexity index is 188. The van der Waals surface area contributed by atoms with Crippen LogP contribution in [0.25, 0.3) is 0 Å². The third kappa shape index (κ3) is 4.62. The molecule has 0 spiro atoms. The fourth-order valence-electron chi connectivity index (χ4n) is 1.99. The monoisotopic (exact) mass is 213 g/mol. The molecule has 1 aliphatic rings. The van der Waals surface area contributed by atoms with Gasteiger partial charge in [0.2, 0.25) is 5.91 Å². The molecule has 0 radical (unpaired) electrons. The van der Waals surface area contributed by atoms with E-state index in [9.17, 15) is 4.79 Å². The van der Waals surface area contributed by atoms with Crippen molar-refractivity contribution < 1.29 is 4.79 Å². The summed E-state index contributed by atoms with van der Waals surface area (Å²) in [6, 6.07) is 0.672. The highest BCUT2D eigenvalue weighted by Gasteiger charge is 2.17. The number of likely N-dealkylation sites (tertiary alicyclic amines) is 1. The minimum Gasteiger partial charge on any atom is -0.356 e. The van der Waals surface area contributed by atoms with Crippen molar-refractivity contribution in [1.82, 2.24) is 15.5 Å². The summed E-state index contributed by atoms with van der Waals surface area (Å²) in [5.74, 6) is 0.174. The van der Waals surface area contributed by atoms with Gasteiger partial charge in [0.25, 0.3) is 0 Å². The summed E-state index contributed by atoms with van der Waals surface area (Å²) >= 11 is 0. The second-order valence-corrected chi connectivity index (χ2v) is 4.11. The van der Waals surface area contributed by atoms with E-state index in [0.717, 1.165) is 26.2 Å². The summed E-state index contributed by atoms with van der Waals surface area (Å²) < 4.78 is 0. The molecule has 0 aromatic heterocycles. The summed E-state index contributed by atoms with van der Waals surface area (Å²) in [6.07, 6.45) is 3.04. The molecule has 0 unspecified atom stereocenters. The molecule has 1 amide bonds. The van der Waals surface area contributed by atoms with E-state index in [1.165, 1.54) is 12.8 Å². The molecule has 1 fully saturated rings. The zero-order valence-corrected chi connectivity index (χ0v) is 9.88. The van der Waals surface area contributed by atoms with Crippen LogP contribution in [-0.2, 0) is 4.79 Å². The van der Waals surface area contributed by atoms with Crippen LogP contribution < -0.4 is 10.6 Å². The van der Waals surface area contributed by atoms with Crippen LogP contribution in [0.1, 0.15) is 26.2 Å². The summed E-state index contributed by atoms with van der Waals surface area (Å²) in [5.41, 5.74) is 0. The van der Waals surface area contributed by atoms with Crippen LogP contribution in [0.4, 0.5) is 0 Å². The van der Waals surface area contributed by atoms with E-state index in [1.54, 1.807) is 0 Å². The molecular weight excluding hydrogens is 190 g/mol. The van der Waals surface area contributed by atoms with Crippen molar-refractivity contribution in [2.75, 3.05) is 33.2 Å². The van der Waals surface area contributed by atoms with Gasteiger partial charge in [0, 0.05) is 25.6 Å². The minimum atomic E-state index is 0.174. The highest BCUT2D eigenvalue weighted by molar-refractivity contribution is 5.75. The van der Waals surface area contributed by atoms with Crippen molar-refractivity contribution >= 4 is 5.91 Å². The van der Waals surface area contributed by atoms with Gasteiger partial charge in [-0.2, -0.15) is 0 Å². The third-order valence-electron chi connectivity index (χ3n) is 3.02. The van der Waals surface area contributed by atoms with Crippen molar-refractivity contribution in [3.8, 4) is 0 Å². The number of carbonyl (C=O) groups excluding carboxylic acids is 1. The van der Waals surface area contributed by atoms with Crippen LogP contribution in [-0.4, -0.2) is 50.1 Å². The summed E-state index contributed by atoms with van der Waals surface area (Å²) in [4.78, 5) is 13.6. The molecular formula is C11H23N3O. The van der Waals surface area contributed by atoms with Gasteiger partial charge < -0.3 is 15.5 Å². The number of hydrogen-bond acceptors (Lipinski definition) is 3. The summed E-state index contributed by atoms with van der Waals surface area (Å²) in [5, 5.41) is 6.13. The van der Waals surface area contributed by atoms with Gasteiger partial charge in [-0.05, 0) is 39.9 Å². The van der Waals surface area contributed by atoms with Crippen LogP contribution in [0.3, 0.4) is 0 Å². The highest BCUT2D eigenvalue weighted by atomic mass is 16.1. The topological polar surface area (TPSA) is 44.4 Å². The normalized spacial score (nSPS) is 19.1. The van der Waals surface area contributed by atoms with Gasteiger partial charge in [-0.3, -0.25) is 4.79 Å². The predicted molar refractivity (Wildman–Crippen MR) is 61.8 cm³/mol. The quantitative estimate of drug-likeness (QED) is 0.685. The molecule has 88 valence electrons. The number of rotatable bonds is 5. The third-order valence-corrected chi connectivity index (χ3v) is 3.02. The van der Waals surface area contributed by atoms with Crippen LogP contribution in [0.5, 0.6) is 0 Å². The number of hydrogen-bond donors (Lipinski definition) is 2. The summed E-state index contributed by atoms with van der Waals surface area (Å²) in [6.45, 7) is 5.83. The molecule has 4 heteroatoms. The average molecular weight is 213 g/mol. The molecule has 1 aliphatic heterocycles. The van der Waals surface area contributed by atoms with Gasteiger partial charge in [0.1, 0.15) is 0 Å². The van der Waals surface area contributed by atoms with Gasteiger partial charge in [0.05, 0.1) is 0 Å². The van der Waals surface area contributed by atoms with Crippen molar-refractivity contribution in [3.05, 3.63) is 0 Å². The number of nitrogens with one attached hydrogen (secondary N) is 2. The minimum absolute atomic E-state index is 0.174. The lowest BCUT2D eigenvalue weighted by Gasteiger charge is -2.31. The molecule has 4 nitrogen and oxygen atoms in total. The lowest BCUT2D eigenvalue weighted by atomic mass is 10.1. The average Bonchev–Trinajstić information content (AvgIpc) is 2.27. The van der Waals surface area contributed by atoms with E-state index in [1.807, 2.05) is 14.0 Å². The van der Waals surface area contributed by atoms with Crippen molar-refractivity contribution in [2.24, 2.45) is 0 Å². The molecule has 1 saturated heterocycles. The van der Waals surface area contributed by atoms with Crippen LogP contribution >= 0.6 is 0 Å². The van der Waals surface area contributed by atoms with Gasteiger partial charge in [-0.15, -0.1) is 0 Å². The number of carbonyl (C=O) groups is 1. The van der Waals surface area contributed by atoms with E-state index < -0.39 is 0 Å². The molecule has 1 rings (SSSR count). The Morgan fingerprint density at radius 1 is 1.40 bits per heavy atom. The maximum absolute atomic E-state index is 11.3. The first-order chi connectivity index (χ1) is 7.26. The molecule has 0 atom stereocenters. The van der Waals surface area contributed by atoms with E-state index in [2.05, 4.69) is 15.5 Å². The molecule has 0 aliphatic carbocycles. The Morgan fingerprint density at radius 3 is 2.60 bits per heavy atom. The largest absolute Gasteiger partial charge is 0.356 e. The zero-order valence-electron chi connectivity index (χ0n) is 9.88. The van der Waals surface area contributed by atoms with Gasteiger partial charge in [-0.1, -0.05) is 0 Å². The van der Waals surface area contributed by atoms with E-state index in [0.29, 0.717) is 12.5 Å². The van der Waals surface area contributed by atoms with E-state index in [-0.39, 0.29) is 5.91 Å². The van der Waals surface area contributed by atoms with Crippen molar-refractivity contribution in [1.29, 1.82) is 0 Å². The summed E-state index contributed by atoms with van der Waals surface area (Å²) in [7, 11) is 2.02. The molecule has 0 aromatic rings. The van der Waals surface area contributed by atoms with Gasteiger partial charge in [0.15, 0.2) is 0 Å². The smallest absolute Gasteiger partial charge is 0.221 e. The highest BCUT2D eigenvalue weighted by Crippen LogP contribution is 2.09. The van der Waals surface area contributed by atoms with Crippen molar-refractivity contribution in [2.45, 2.75) is 32.2 Å². The second-order valence-electron chi connectivity index (χ2n) is 4.11. The van der Waals surface area contributed by atoms with Gasteiger partial charge in [-0.25, -0.2) is 0 Å². The molecule has 2 N–H and O–H groups in total. The Kier molecular flexibility index (Phi) is 5.65. The Hall–Kier alpha value is -0.610. The Balaban J connectivity index is 2.10. The number of nitrogens with zero attached hydrogens (tertiary/aromatic N) is 1. The first-order valence-corrected chi connectivity index (χ1v) is 5.92. The molecule has 0 bridgehead atoms. The van der Waals surface area contributed by atoms with E-state index >= 15 is 0 Å². The fourth-order valence-corrected chi connectivity index (χ4v) is 1.99. The lowest BCUT2D eigenvalue weighted by Crippen LogP contribution is -2.42. The van der Waals surface area contributed by atoms with Gasteiger partial charge >= 0.3 is 0 Å². The first kappa shape index (κ1) is 12.5. The number of amides is 1.